The lowest BCUT2D eigenvalue weighted by Gasteiger charge is -2.52. The highest BCUT2D eigenvalue weighted by atomic mass is 19.1. The number of nitrogens with zero attached hydrogens (tertiary/aromatic N) is 1. The highest BCUT2D eigenvalue weighted by molar-refractivity contribution is 5.94. The van der Waals surface area contributed by atoms with Crippen LogP contribution in [0.15, 0.2) is 42.5 Å². The molecule has 4 rings (SSSR count). The lowest BCUT2D eigenvalue weighted by atomic mass is 9.66. The van der Waals surface area contributed by atoms with Gasteiger partial charge in [0.05, 0.1) is 25.9 Å². The summed E-state index contributed by atoms with van der Waals surface area (Å²) >= 11 is 0. The molecular formula is C24H28FNO4. The number of aliphatic hydroxyl groups is 1. The van der Waals surface area contributed by atoms with E-state index in [1.54, 1.807) is 31.3 Å². The van der Waals surface area contributed by atoms with E-state index in [-0.39, 0.29) is 17.9 Å². The summed E-state index contributed by atoms with van der Waals surface area (Å²) in [5.41, 5.74) is 0.415. The third-order valence-electron chi connectivity index (χ3n) is 6.65. The average Bonchev–Trinajstić information content (AvgIpc) is 2.77. The van der Waals surface area contributed by atoms with Gasteiger partial charge in [0.15, 0.2) is 11.5 Å². The van der Waals surface area contributed by atoms with Crippen LogP contribution in [0, 0.1) is 11.7 Å². The van der Waals surface area contributed by atoms with Gasteiger partial charge in [0.25, 0.3) is 5.91 Å². The SMILES string of the molecule is COc1ccc([C@H]2[C@H]3CCCC[C@@]3(O)CCN2C(=O)c2cccc(F)c2)cc1OC. The molecule has 2 aromatic rings. The molecule has 1 amide bonds. The standard InChI is InChI=1S/C24H28FNO4/c1-29-20-10-9-16(15-21(20)30-2)22-19-8-3-4-11-24(19,28)12-13-26(22)23(27)17-6-5-7-18(25)14-17/h5-7,9-10,14-15,19,22,28H,3-4,8,11-13H2,1-2H3/t19-,22+,24-/m1/s1. The highest BCUT2D eigenvalue weighted by Crippen LogP contribution is 2.50. The van der Waals surface area contributed by atoms with Crippen LogP contribution in [-0.2, 0) is 0 Å². The summed E-state index contributed by atoms with van der Waals surface area (Å²) in [5.74, 6) is 0.448. The van der Waals surface area contributed by atoms with Crippen LogP contribution in [0.2, 0.25) is 0 Å². The van der Waals surface area contributed by atoms with E-state index >= 15 is 0 Å². The number of amides is 1. The van der Waals surface area contributed by atoms with E-state index in [9.17, 15) is 14.3 Å². The van der Waals surface area contributed by atoms with E-state index in [0.717, 1.165) is 31.2 Å². The van der Waals surface area contributed by atoms with Gasteiger partial charge < -0.3 is 19.5 Å². The molecule has 0 radical (unpaired) electrons. The topological polar surface area (TPSA) is 59.0 Å². The maximum absolute atomic E-state index is 13.8. The van der Waals surface area contributed by atoms with Crippen molar-refractivity contribution in [2.45, 2.75) is 43.7 Å². The van der Waals surface area contributed by atoms with Gasteiger partial charge in [-0.15, -0.1) is 0 Å². The second-order valence-corrected chi connectivity index (χ2v) is 8.27. The molecule has 0 unspecified atom stereocenters. The predicted molar refractivity (Wildman–Crippen MR) is 111 cm³/mol. The number of carbonyl (C=O) groups is 1. The molecule has 1 heterocycles. The monoisotopic (exact) mass is 413 g/mol. The highest BCUT2D eigenvalue weighted by Gasteiger charge is 2.50. The minimum Gasteiger partial charge on any atom is -0.493 e. The number of rotatable bonds is 4. The first-order valence-electron chi connectivity index (χ1n) is 10.5. The molecule has 1 saturated heterocycles. The van der Waals surface area contributed by atoms with E-state index in [0.29, 0.717) is 30.0 Å². The maximum atomic E-state index is 13.8. The summed E-state index contributed by atoms with van der Waals surface area (Å²) in [6.45, 7) is 0.418. The number of methoxy groups -OCH3 is 2. The largest absolute Gasteiger partial charge is 0.493 e. The summed E-state index contributed by atoms with van der Waals surface area (Å²) in [7, 11) is 3.16. The molecule has 0 aromatic heterocycles. The van der Waals surface area contributed by atoms with Crippen molar-refractivity contribution in [2.75, 3.05) is 20.8 Å². The van der Waals surface area contributed by atoms with Crippen LogP contribution in [0.3, 0.4) is 0 Å². The Balaban J connectivity index is 1.78. The van der Waals surface area contributed by atoms with Crippen molar-refractivity contribution in [3.8, 4) is 11.5 Å². The fourth-order valence-electron chi connectivity index (χ4n) is 5.15. The summed E-state index contributed by atoms with van der Waals surface area (Å²) in [4.78, 5) is 15.2. The van der Waals surface area contributed by atoms with Crippen LogP contribution in [0.4, 0.5) is 4.39 Å². The Morgan fingerprint density at radius 2 is 1.90 bits per heavy atom. The van der Waals surface area contributed by atoms with Crippen LogP contribution in [0.25, 0.3) is 0 Å². The van der Waals surface area contributed by atoms with Crippen molar-refractivity contribution in [3.05, 3.63) is 59.4 Å². The number of hydrogen-bond acceptors (Lipinski definition) is 4. The number of carbonyl (C=O) groups excluding carboxylic acids is 1. The first-order chi connectivity index (χ1) is 14.5. The van der Waals surface area contributed by atoms with Gasteiger partial charge in [-0.25, -0.2) is 4.39 Å². The van der Waals surface area contributed by atoms with Gasteiger partial charge >= 0.3 is 0 Å². The molecule has 3 atom stereocenters. The molecule has 1 saturated carbocycles. The third kappa shape index (κ3) is 3.65. The van der Waals surface area contributed by atoms with Gasteiger partial charge in [0.1, 0.15) is 5.82 Å². The van der Waals surface area contributed by atoms with Crippen molar-refractivity contribution in [3.63, 3.8) is 0 Å². The Bertz CT molecular complexity index is 933. The number of fused-ring (bicyclic) bond motifs is 1. The van der Waals surface area contributed by atoms with E-state index < -0.39 is 11.4 Å². The zero-order valence-corrected chi connectivity index (χ0v) is 17.4. The van der Waals surface area contributed by atoms with Crippen LogP contribution in [0.1, 0.15) is 54.1 Å². The minimum absolute atomic E-state index is 0.0874. The number of hydrogen-bond donors (Lipinski definition) is 1. The minimum atomic E-state index is -0.797. The summed E-state index contributed by atoms with van der Waals surface area (Å²) in [6, 6.07) is 11.1. The molecule has 1 N–H and O–H groups in total. The van der Waals surface area contributed by atoms with Gasteiger partial charge in [-0.05, 0) is 55.2 Å². The zero-order chi connectivity index (χ0) is 21.3. The van der Waals surface area contributed by atoms with Crippen LogP contribution in [0.5, 0.6) is 11.5 Å². The Morgan fingerprint density at radius 1 is 1.10 bits per heavy atom. The number of halogens is 1. The van der Waals surface area contributed by atoms with Crippen molar-refractivity contribution in [2.24, 2.45) is 5.92 Å². The smallest absolute Gasteiger partial charge is 0.254 e. The molecule has 2 fully saturated rings. The van der Waals surface area contributed by atoms with Crippen LogP contribution < -0.4 is 9.47 Å². The van der Waals surface area contributed by atoms with Gasteiger partial charge in [0, 0.05) is 18.0 Å². The van der Waals surface area contributed by atoms with E-state index in [1.807, 2.05) is 18.2 Å². The molecule has 0 bridgehead atoms. The van der Waals surface area contributed by atoms with Gasteiger partial charge in [-0.1, -0.05) is 25.0 Å². The van der Waals surface area contributed by atoms with Crippen LogP contribution in [-0.4, -0.2) is 42.3 Å². The Labute approximate surface area is 176 Å². The second-order valence-electron chi connectivity index (χ2n) is 8.27. The van der Waals surface area contributed by atoms with Crippen molar-refractivity contribution < 1.29 is 23.8 Å². The molecule has 30 heavy (non-hydrogen) atoms. The van der Waals surface area contributed by atoms with Gasteiger partial charge in [-0.3, -0.25) is 4.79 Å². The first kappa shape index (κ1) is 20.7. The first-order valence-corrected chi connectivity index (χ1v) is 10.5. The van der Waals surface area contributed by atoms with E-state index in [4.69, 9.17) is 9.47 Å². The van der Waals surface area contributed by atoms with Gasteiger partial charge in [-0.2, -0.15) is 0 Å². The summed E-state index contributed by atoms with van der Waals surface area (Å²) in [6.07, 6.45) is 4.11. The molecule has 1 aliphatic carbocycles. The summed E-state index contributed by atoms with van der Waals surface area (Å²) in [5, 5.41) is 11.4. The molecule has 5 nitrogen and oxygen atoms in total. The summed E-state index contributed by atoms with van der Waals surface area (Å²) < 4.78 is 24.6. The lowest BCUT2D eigenvalue weighted by Crippen LogP contribution is -2.56. The Hall–Kier alpha value is -2.60. The molecule has 1 aliphatic heterocycles. The average molecular weight is 413 g/mol. The molecule has 6 heteroatoms. The fraction of sp³-hybridized carbons (Fsp3) is 0.458. The Kier molecular flexibility index (Phi) is 5.69. The zero-order valence-electron chi connectivity index (χ0n) is 17.4. The number of benzene rings is 2. The predicted octanol–water partition coefficient (Wildman–Crippen LogP) is 4.35. The number of likely N-dealkylation sites (tertiary alicyclic amines) is 1. The van der Waals surface area contributed by atoms with Crippen LogP contribution >= 0.6 is 0 Å². The van der Waals surface area contributed by atoms with Crippen molar-refractivity contribution in [1.82, 2.24) is 4.90 Å². The van der Waals surface area contributed by atoms with E-state index in [2.05, 4.69) is 0 Å². The molecular weight excluding hydrogens is 385 g/mol. The molecule has 2 aliphatic rings. The molecule has 160 valence electrons. The van der Waals surface area contributed by atoms with Gasteiger partial charge in [0.2, 0.25) is 0 Å². The molecule has 0 spiro atoms. The van der Waals surface area contributed by atoms with Crippen molar-refractivity contribution >= 4 is 5.91 Å². The Morgan fingerprint density at radius 3 is 2.63 bits per heavy atom. The lowest BCUT2D eigenvalue weighted by molar-refractivity contribution is -0.115. The molecule has 2 aromatic carbocycles. The number of piperidine rings is 1. The second kappa shape index (κ2) is 8.26. The van der Waals surface area contributed by atoms with E-state index in [1.165, 1.54) is 12.1 Å². The number of ether oxygens (including phenoxy) is 2. The quantitative estimate of drug-likeness (QED) is 0.810. The third-order valence-corrected chi connectivity index (χ3v) is 6.65. The van der Waals surface area contributed by atoms with Crippen molar-refractivity contribution in [1.29, 1.82) is 0 Å². The fourth-order valence-corrected chi connectivity index (χ4v) is 5.15. The maximum Gasteiger partial charge on any atom is 0.254 e. The normalized spacial score (nSPS) is 26.1.